The standard InChI is InChI=1S/C14H20ClFO2/c1-2-17-13-8-6-7-12(11-15)14(13)18-10-5-3-4-9-16/h6-8H,2-5,9-11H2,1H3. The number of alkyl halides is 2. The van der Waals surface area contributed by atoms with Crippen LogP contribution in [-0.4, -0.2) is 19.9 Å². The van der Waals surface area contributed by atoms with E-state index in [1.165, 1.54) is 0 Å². The van der Waals surface area contributed by atoms with Gasteiger partial charge in [0.1, 0.15) is 0 Å². The third-order valence-corrected chi connectivity index (χ3v) is 2.82. The minimum atomic E-state index is -0.261. The third-order valence-electron chi connectivity index (χ3n) is 2.53. The van der Waals surface area contributed by atoms with Gasteiger partial charge in [-0.2, -0.15) is 0 Å². The van der Waals surface area contributed by atoms with Gasteiger partial charge in [-0.05, 0) is 32.3 Å². The smallest absolute Gasteiger partial charge is 0.165 e. The summed E-state index contributed by atoms with van der Waals surface area (Å²) in [5.74, 6) is 1.83. The summed E-state index contributed by atoms with van der Waals surface area (Å²) in [6, 6.07) is 5.70. The van der Waals surface area contributed by atoms with Crippen LogP contribution in [0.2, 0.25) is 0 Å². The Kier molecular flexibility index (Phi) is 7.58. The van der Waals surface area contributed by atoms with E-state index < -0.39 is 0 Å². The van der Waals surface area contributed by atoms with E-state index in [1.807, 2.05) is 25.1 Å². The van der Waals surface area contributed by atoms with Crippen molar-refractivity contribution in [2.75, 3.05) is 19.9 Å². The Labute approximate surface area is 113 Å². The van der Waals surface area contributed by atoms with Crippen LogP contribution in [0.5, 0.6) is 11.5 Å². The molecular formula is C14H20ClFO2. The molecule has 1 rings (SSSR count). The van der Waals surface area contributed by atoms with Crippen LogP contribution in [0.15, 0.2) is 18.2 Å². The first kappa shape index (κ1) is 15.1. The molecule has 0 saturated heterocycles. The van der Waals surface area contributed by atoms with E-state index in [1.54, 1.807) is 0 Å². The second-order valence-electron chi connectivity index (χ2n) is 3.91. The highest BCUT2D eigenvalue weighted by Crippen LogP contribution is 2.32. The van der Waals surface area contributed by atoms with Crippen molar-refractivity contribution in [2.45, 2.75) is 32.1 Å². The summed E-state index contributed by atoms with van der Waals surface area (Å²) in [5.41, 5.74) is 0.924. The fourth-order valence-corrected chi connectivity index (χ4v) is 1.86. The molecule has 0 heterocycles. The lowest BCUT2D eigenvalue weighted by molar-refractivity contribution is 0.267. The molecule has 0 saturated carbocycles. The zero-order valence-electron chi connectivity index (χ0n) is 10.8. The number of para-hydroxylation sites is 1. The van der Waals surface area contributed by atoms with Crippen LogP contribution in [0.3, 0.4) is 0 Å². The molecule has 0 atom stereocenters. The predicted molar refractivity (Wildman–Crippen MR) is 72.5 cm³/mol. The molecule has 0 unspecified atom stereocenters. The van der Waals surface area contributed by atoms with Crippen LogP contribution in [0.4, 0.5) is 4.39 Å². The van der Waals surface area contributed by atoms with Crippen molar-refractivity contribution in [1.82, 2.24) is 0 Å². The van der Waals surface area contributed by atoms with E-state index in [2.05, 4.69) is 0 Å². The third kappa shape index (κ3) is 4.73. The van der Waals surface area contributed by atoms with Crippen molar-refractivity contribution in [1.29, 1.82) is 0 Å². The topological polar surface area (TPSA) is 18.5 Å². The molecule has 4 heteroatoms. The first-order chi connectivity index (χ1) is 8.83. The Balaban J connectivity index is 2.60. The summed E-state index contributed by atoms with van der Waals surface area (Å²) in [7, 11) is 0. The van der Waals surface area contributed by atoms with E-state index in [0.29, 0.717) is 25.5 Å². The largest absolute Gasteiger partial charge is 0.490 e. The van der Waals surface area contributed by atoms with Gasteiger partial charge in [0.25, 0.3) is 0 Å². The van der Waals surface area contributed by atoms with E-state index in [9.17, 15) is 4.39 Å². The molecule has 18 heavy (non-hydrogen) atoms. The molecule has 1 aromatic carbocycles. The Bertz CT molecular complexity index is 345. The summed E-state index contributed by atoms with van der Waals surface area (Å²) in [4.78, 5) is 0. The maximum Gasteiger partial charge on any atom is 0.165 e. The van der Waals surface area contributed by atoms with Crippen LogP contribution >= 0.6 is 11.6 Å². The number of benzene rings is 1. The molecule has 0 N–H and O–H groups in total. The average molecular weight is 275 g/mol. The molecule has 0 radical (unpaired) electrons. The normalized spacial score (nSPS) is 10.4. The molecule has 2 nitrogen and oxygen atoms in total. The van der Waals surface area contributed by atoms with Gasteiger partial charge in [-0.15, -0.1) is 11.6 Å². The van der Waals surface area contributed by atoms with E-state index >= 15 is 0 Å². The molecule has 0 aliphatic heterocycles. The van der Waals surface area contributed by atoms with Crippen LogP contribution in [0.25, 0.3) is 0 Å². The maximum absolute atomic E-state index is 11.9. The molecule has 0 aliphatic carbocycles. The molecule has 0 aromatic heterocycles. The van der Waals surface area contributed by atoms with Crippen molar-refractivity contribution in [3.63, 3.8) is 0 Å². The lowest BCUT2D eigenvalue weighted by Crippen LogP contribution is -2.03. The second kappa shape index (κ2) is 9.03. The van der Waals surface area contributed by atoms with Crippen LogP contribution < -0.4 is 9.47 Å². The zero-order valence-corrected chi connectivity index (χ0v) is 11.5. The van der Waals surface area contributed by atoms with E-state index in [0.717, 1.165) is 29.9 Å². The fraction of sp³-hybridized carbons (Fsp3) is 0.571. The van der Waals surface area contributed by atoms with Gasteiger partial charge in [0, 0.05) is 5.56 Å². The van der Waals surface area contributed by atoms with Crippen LogP contribution in [0.1, 0.15) is 31.7 Å². The van der Waals surface area contributed by atoms with E-state index in [-0.39, 0.29) is 6.67 Å². The highest BCUT2D eigenvalue weighted by atomic mass is 35.5. The first-order valence-corrected chi connectivity index (χ1v) is 6.86. The first-order valence-electron chi connectivity index (χ1n) is 6.32. The Hall–Kier alpha value is -0.960. The van der Waals surface area contributed by atoms with Crippen molar-refractivity contribution in [2.24, 2.45) is 0 Å². The van der Waals surface area contributed by atoms with E-state index in [4.69, 9.17) is 21.1 Å². The summed E-state index contributed by atoms with van der Waals surface area (Å²) in [5, 5.41) is 0. The molecular weight excluding hydrogens is 255 g/mol. The van der Waals surface area contributed by atoms with Crippen LogP contribution in [0, 0.1) is 0 Å². The average Bonchev–Trinajstić information content (AvgIpc) is 2.40. The highest BCUT2D eigenvalue weighted by Gasteiger charge is 2.10. The summed E-state index contributed by atoms with van der Waals surface area (Å²) < 4.78 is 23.2. The SMILES string of the molecule is CCOc1cccc(CCl)c1OCCCCCF. The Morgan fingerprint density at radius 3 is 2.67 bits per heavy atom. The van der Waals surface area contributed by atoms with Gasteiger partial charge in [-0.1, -0.05) is 12.1 Å². The number of rotatable bonds is 9. The van der Waals surface area contributed by atoms with Gasteiger partial charge in [-0.3, -0.25) is 4.39 Å². The Morgan fingerprint density at radius 2 is 2.00 bits per heavy atom. The highest BCUT2D eigenvalue weighted by molar-refractivity contribution is 6.17. The zero-order chi connectivity index (χ0) is 13.2. The number of halogens is 2. The number of ether oxygens (including phenoxy) is 2. The van der Waals surface area contributed by atoms with Gasteiger partial charge in [0.05, 0.1) is 25.8 Å². The number of unbranched alkanes of at least 4 members (excludes halogenated alkanes) is 2. The number of hydrogen-bond donors (Lipinski definition) is 0. The molecule has 0 spiro atoms. The van der Waals surface area contributed by atoms with Gasteiger partial charge >= 0.3 is 0 Å². The molecule has 0 bridgehead atoms. The quantitative estimate of drug-likeness (QED) is 0.492. The second-order valence-corrected chi connectivity index (χ2v) is 4.18. The van der Waals surface area contributed by atoms with Crippen LogP contribution in [-0.2, 0) is 5.88 Å². The monoisotopic (exact) mass is 274 g/mol. The summed E-state index contributed by atoms with van der Waals surface area (Å²) >= 11 is 5.88. The molecule has 1 aromatic rings. The molecule has 0 fully saturated rings. The summed E-state index contributed by atoms with van der Waals surface area (Å²) in [6.45, 7) is 2.82. The molecule has 0 amide bonds. The van der Waals surface area contributed by atoms with Gasteiger partial charge < -0.3 is 9.47 Å². The molecule has 102 valence electrons. The van der Waals surface area contributed by atoms with Gasteiger partial charge in [0.2, 0.25) is 0 Å². The lowest BCUT2D eigenvalue weighted by Gasteiger charge is -2.14. The Morgan fingerprint density at radius 1 is 1.17 bits per heavy atom. The lowest BCUT2D eigenvalue weighted by atomic mass is 10.2. The van der Waals surface area contributed by atoms with Gasteiger partial charge in [0.15, 0.2) is 11.5 Å². The minimum Gasteiger partial charge on any atom is -0.490 e. The fourth-order valence-electron chi connectivity index (χ4n) is 1.65. The minimum absolute atomic E-state index is 0.261. The van der Waals surface area contributed by atoms with Crippen molar-refractivity contribution >= 4 is 11.6 Å². The predicted octanol–water partition coefficient (Wildman–Crippen LogP) is 4.34. The van der Waals surface area contributed by atoms with Crippen molar-refractivity contribution < 1.29 is 13.9 Å². The van der Waals surface area contributed by atoms with Gasteiger partial charge in [-0.25, -0.2) is 0 Å². The maximum atomic E-state index is 11.9. The van der Waals surface area contributed by atoms with Crippen molar-refractivity contribution in [3.05, 3.63) is 23.8 Å². The summed E-state index contributed by atoms with van der Waals surface area (Å²) in [6.07, 6.45) is 2.27. The molecule has 0 aliphatic rings. The number of hydrogen-bond acceptors (Lipinski definition) is 2. The van der Waals surface area contributed by atoms with Crippen molar-refractivity contribution in [3.8, 4) is 11.5 Å².